The van der Waals surface area contributed by atoms with Crippen LogP contribution in [0.25, 0.3) is 0 Å². The highest BCUT2D eigenvalue weighted by Gasteiger charge is 2.55. The van der Waals surface area contributed by atoms with Gasteiger partial charge < -0.3 is 18.9 Å². The van der Waals surface area contributed by atoms with Crippen LogP contribution in [0.1, 0.15) is 53.9 Å². The van der Waals surface area contributed by atoms with Crippen LogP contribution in [0, 0.1) is 11.8 Å². The van der Waals surface area contributed by atoms with Crippen LogP contribution in [0.15, 0.2) is 0 Å². The van der Waals surface area contributed by atoms with Gasteiger partial charge in [0.2, 0.25) is 0 Å². The van der Waals surface area contributed by atoms with Gasteiger partial charge in [0.1, 0.15) is 11.3 Å². The van der Waals surface area contributed by atoms with Crippen LogP contribution < -0.4 is 0 Å². The Morgan fingerprint density at radius 1 is 1.25 bits per heavy atom. The maximum absolute atomic E-state index is 12.7. The van der Waals surface area contributed by atoms with Crippen molar-refractivity contribution in [2.24, 2.45) is 11.8 Å². The summed E-state index contributed by atoms with van der Waals surface area (Å²) >= 11 is 0. The third-order valence-electron chi connectivity index (χ3n) is 4.97. The maximum atomic E-state index is 12.7. The molecule has 2 heterocycles. The standard InChI is InChI=1S/C18H31NO5/c1-17(2,3)24-16(20)19-14(11-23-18(19,4)5)13-9-12(13)10-15-21-7-6-8-22-15/h12-15H,6-11H2,1-5H3/t12-,13-,14+/m0/s1. The molecule has 0 bridgehead atoms. The maximum Gasteiger partial charge on any atom is 0.412 e. The molecule has 1 amide bonds. The van der Waals surface area contributed by atoms with Crippen molar-refractivity contribution in [3.05, 3.63) is 0 Å². The van der Waals surface area contributed by atoms with Crippen molar-refractivity contribution in [3.8, 4) is 0 Å². The number of amides is 1. The third-order valence-corrected chi connectivity index (χ3v) is 4.97. The van der Waals surface area contributed by atoms with Crippen molar-refractivity contribution in [1.29, 1.82) is 0 Å². The molecular formula is C18H31NO5. The average Bonchev–Trinajstić information content (AvgIpc) is 3.13. The molecule has 3 aliphatic rings. The van der Waals surface area contributed by atoms with E-state index in [1.807, 2.05) is 34.6 Å². The number of ether oxygens (including phenoxy) is 4. The largest absolute Gasteiger partial charge is 0.444 e. The Bertz CT molecular complexity index is 467. The van der Waals surface area contributed by atoms with E-state index in [0.29, 0.717) is 18.4 Å². The molecule has 0 aromatic heterocycles. The highest BCUT2D eigenvalue weighted by Crippen LogP contribution is 2.50. The molecule has 2 saturated heterocycles. The fraction of sp³-hybridized carbons (Fsp3) is 0.944. The van der Waals surface area contributed by atoms with Crippen LogP contribution in [-0.2, 0) is 18.9 Å². The van der Waals surface area contributed by atoms with Gasteiger partial charge in [-0.1, -0.05) is 0 Å². The first-order chi connectivity index (χ1) is 11.2. The van der Waals surface area contributed by atoms with Crippen molar-refractivity contribution in [3.63, 3.8) is 0 Å². The zero-order valence-corrected chi connectivity index (χ0v) is 15.5. The van der Waals surface area contributed by atoms with E-state index in [4.69, 9.17) is 18.9 Å². The normalized spacial score (nSPS) is 33.5. The smallest absolute Gasteiger partial charge is 0.412 e. The van der Waals surface area contributed by atoms with Crippen LogP contribution in [0.5, 0.6) is 0 Å². The van der Waals surface area contributed by atoms with Gasteiger partial charge >= 0.3 is 6.09 Å². The summed E-state index contributed by atoms with van der Waals surface area (Å²) in [5.74, 6) is 0.967. The lowest BCUT2D eigenvalue weighted by molar-refractivity contribution is -0.183. The third kappa shape index (κ3) is 4.03. The lowest BCUT2D eigenvalue weighted by atomic mass is 10.1. The monoisotopic (exact) mass is 341 g/mol. The Kier molecular flexibility index (Phi) is 4.84. The van der Waals surface area contributed by atoms with Crippen molar-refractivity contribution < 1.29 is 23.7 Å². The van der Waals surface area contributed by atoms with E-state index in [1.54, 1.807) is 4.90 Å². The lowest BCUT2D eigenvalue weighted by Gasteiger charge is -2.35. The Hall–Kier alpha value is -0.850. The number of hydrogen-bond acceptors (Lipinski definition) is 5. The highest BCUT2D eigenvalue weighted by molar-refractivity contribution is 5.70. The quantitative estimate of drug-likeness (QED) is 0.789. The summed E-state index contributed by atoms with van der Waals surface area (Å²) in [6.45, 7) is 11.7. The molecule has 0 unspecified atom stereocenters. The molecule has 0 spiro atoms. The summed E-state index contributed by atoms with van der Waals surface area (Å²) in [6.07, 6.45) is 2.60. The molecule has 138 valence electrons. The summed E-state index contributed by atoms with van der Waals surface area (Å²) in [4.78, 5) is 14.5. The average molecular weight is 341 g/mol. The Morgan fingerprint density at radius 2 is 1.92 bits per heavy atom. The van der Waals surface area contributed by atoms with Crippen LogP contribution in [-0.4, -0.2) is 54.5 Å². The minimum absolute atomic E-state index is 0.0726. The number of carbonyl (C=O) groups excluding carboxylic acids is 1. The van der Waals surface area contributed by atoms with E-state index in [1.165, 1.54) is 0 Å². The van der Waals surface area contributed by atoms with Crippen molar-refractivity contribution in [1.82, 2.24) is 4.90 Å². The van der Waals surface area contributed by atoms with Gasteiger partial charge in [0.15, 0.2) is 6.29 Å². The second-order valence-corrected chi connectivity index (χ2v) is 8.60. The summed E-state index contributed by atoms with van der Waals surface area (Å²) in [7, 11) is 0. The first kappa shape index (κ1) is 18.0. The number of nitrogens with zero attached hydrogens (tertiary/aromatic N) is 1. The van der Waals surface area contributed by atoms with E-state index in [2.05, 4.69) is 0 Å². The van der Waals surface area contributed by atoms with E-state index < -0.39 is 11.3 Å². The molecule has 0 aromatic rings. The van der Waals surface area contributed by atoms with E-state index in [9.17, 15) is 4.79 Å². The molecular weight excluding hydrogens is 310 g/mol. The van der Waals surface area contributed by atoms with Gasteiger partial charge in [0.25, 0.3) is 0 Å². The summed E-state index contributed by atoms with van der Waals surface area (Å²) in [5.41, 5.74) is -1.13. The Labute approximate surface area is 144 Å². The molecule has 2 aliphatic heterocycles. The van der Waals surface area contributed by atoms with Crippen LogP contribution in [0.4, 0.5) is 4.79 Å². The van der Waals surface area contributed by atoms with Gasteiger partial charge in [-0.2, -0.15) is 0 Å². The predicted molar refractivity (Wildman–Crippen MR) is 88.4 cm³/mol. The number of rotatable bonds is 3. The Balaban J connectivity index is 1.61. The van der Waals surface area contributed by atoms with Crippen LogP contribution in [0.3, 0.4) is 0 Å². The zero-order valence-electron chi connectivity index (χ0n) is 15.5. The summed E-state index contributed by atoms with van der Waals surface area (Å²) in [5, 5.41) is 0. The number of carbonyl (C=O) groups is 1. The molecule has 24 heavy (non-hydrogen) atoms. The predicted octanol–water partition coefficient (Wildman–Crippen LogP) is 3.15. The topological polar surface area (TPSA) is 57.2 Å². The van der Waals surface area contributed by atoms with Gasteiger partial charge in [0, 0.05) is 6.42 Å². The molecule has 0 N–H and O–H groups in total. The van der Waals surface area contributed by atoms with Crippen LogP contribution in [0.2, 0.25) is 0 Å². The first-order valence-corrected chi connectivity index (χ1v) is 9.07. The minimum atomic E-state index is -0.627. The zero-order chi connectivity index (χ0) is 17.5. The second-order valence-electron chi connectivity index (χ2n) is 8.60. The van der Waals surface area contributed by atoms with Gasteiger partial charge in [0.05, 0.1) is 25.9 Å². The second kappa shape index (κ2) is 6.46. The molecule has 1 saturated carbocycles. The lowest BCUT2D eigenvalue weighted by Crippen LogP contribution is -2.50. The minimum Gasteiger partial charge on any atom is -0.444 e. The summed E-state index contributed by atoms with van der Waals surface area (Å²) < 4.78 is 22.8. The van der Waals surface area contributed by atoms with Gasteiger partial charge in [-0.15, -0.1) is 0 Å². The SMILES string of the molecule is CC(C)(C)OC(=O)N1[C@@H]([C@H]2C[C@H]2CC2OCCCO2)COC1(C)C. The summed E-state index contributed by atoms with van der Waals surface area (Å²) in [6, 6.07) is 0.0726. The molecule has 6 nitrogen and oxygen atoms in total. The van der Waals surface area contributed by atoms with Gasteiger partial charge in [-0.3, -0.25) is 4.90 Å². The Morgan fingerprint density at radius 3 is 2.54 bits per heavy atom. The first-order valence-electron chi connectivity index (χ1n) is 9.07. The molecule has 3 fully saturated rings. The fourth-order valence-electron chi connectivity index (χ4n) is 3.75. The molecule has 3 rings (SSSR count). The molecule has 1 aliphatic carbocycles. The van der Waals surface area contributed by atoms with E-state index >= 15 is 0 Å². The van der Waals surface area contributed by atoms with E-state index in [0.717, 1.165) is 32.5 Å². The molecule has 3 atom stereocenters. The van der Waals surface area contributed by atoms with Gasteiger partial charge in [-0.05, 0) is 59.3 Å². The van der Waals surface area contributed by atoms with Crippen molar-refractivity contribution in [2.45, 2.75) is 77.5 Å². The highest BCUT2D eigenvalue weighted by atomic mass is 16.7. The van der Waals surface area contributed by atoms with Crippen molar-refractivity contribution in [2.75, 3.05) is 19.8 Å². The van der Waals surface area contributed by atoms with Crippen molar-refractivity contribution >= 4 is 6.09 Å². The molecule has 0 aromatic carbocycles. The van der Waals surface area contributed by atoms with E-state index in [-0.39, 0.29) is 18.4 Å². The molecule has 6 heteroatoms. The number of hydrogen-bond donors (Lipinski definition) is 0. The fourth-order valence-corrected chi connectivity index (χ4v) is 3.75. The van der Waals surface area contributed by atoms with Crippen LogP contribution >= 0.6 is 0 Å². The molecule has 0 radical (unpaired) electrons. The van der Waals surface area contributed by atoms with Gasteiger partial charge in [-0.25, -0.2) is 4.79 Å².